The number of benzene rings is 1. The van der Waals surface area contributed by atoms with Gasteiger partial charge in [0.1, 0.15) is 5.52 Å². The molecule has 0 aliphatic carbocycles. The first-order valence-electron chi connectivity index (χ1n) is 8.77. The maximum Gasteiger partial charge on any atom is 0.261 e. The molecule has 1 N–H and O–H groups in total. The molecular weight excluding hydrogens is 376 g/mol. The lowest BCUT2D eigenvalue weighted by Gasteiger charge is -2.12. The van der Waals surface area contributed by atoms with E-state index in [1.54, 1.807) is 37.5 Å². The van der Waals surface area contributed by atoms with Crippen LogP contribution in [0.25, 0.3) is 33.4 Å². The minimum absolute atomic E-state index is 0.169. The number of hydrogen-bond acceptors (Lipinski definition) is 5. The van der Waals surface area contributed by atoms with Crippen molar-refractivity contribution in [3.05, 3.63) is 76.6 Å². The van der Waals surface area contributed by atoms with E-state index in [9.17, 15) is 9.90 Å². The average molecular weight is 393 g/mol. The van der Waals surface area contributed by atoms with Crippen LogP contribution < -0.4 is 5.56 Å². The van der Waals surface area contributed by atoms with Crippen LogP contribution in [0.3, 0.4) is 0 Å². The molecule has 0 saturated carbocycles. The second-order valence-electron chi connectivity index (χ2n) is 6.55. The number of aliphatic hydroxyl groups is 1. The highest BCUT2D eigenvalue weighted by atomic mass is 35.5. The predicted molar refractivity (Wildman–Crippen MR) is 109 cm³/mol. The van der Waals surface area contributed by atoms with Crippen molar-refractivity contribution in [2.75, 3.05) is 0 Å². The van der Waals surface area contributed by atoms with Crippen LogP contribution in [0, 0.1) is 0 Å². The van der Waals surface area contributed by atoms with Crippen molar-refractivity contribution < 1.29 is 5.11 Å². The number of halogens is 1. The van der Waals surface area contributed by atoms with Crippen molar-refractivity contribution >= 4 is 22.5 Å². The first-order valence-corrected chi connectivity index (χ1v) is 9.15. The molecule has 0 aliphatic heterocycles. The molecule has 1 atom stereocenters. The molecule has 1 aromatic carbocycles. The largest absolute Gasteiger partial charge is 0.392 e. The molecule has 0 bridgehead atoms. The minimum Gasteiger partial charge on any atom is -0.392 e. The standard InChI is InChI=1S/C21H17ClN4O2/c1-13(27)11-26-12-24-20-17(21(26)28)9-18(14-4-6-16(22)7-5-14)25-19(20)15-3-2-8-23-10-15/h2-10,12-13,27H,11H2,1H3/t13-/m0/s1. The van der Waals surface area contributed by atoms with Crippen molar-refractivity contribution in [2.24, 2.45) is 0 Å². The number of aromatic nitrogens is 4. The summed E-state index contributed by atoms with van der Waals surface area (Å²) >= 11 is 6.00. The minimum atomic E-state index is -0.660. The number of nitrogens with zero attached hydrogens (tertiary/aromatic N) is 4. The van der Waals surface area contributed by atoms with E-state index in [2.05, 4.69) is 9.97 Å². The van der Waals surface area contributed by atoms with Gasteiger partial charge in [-0.3, -0.25) is 14.3 Å². The summed E-state index contributed by atoms with van der Waals surface area (Å²) in [5, 5.41) is 10.7. The lowest BCUT2D eigenvalue weighted by atomic mass is 10.1. The highest BCUT2D eigenvalue weighted by molar-refractivity contribution is 6.30. The zero-order valence-electron chi connectivity index (χ0n) is 15.1. The summed E-state index contributed by atoms with van der Waals surface area (Å²) in [6.45, 7) is 1.80. The van der Waals surface area contributed by atoms with Crippen LogP contribution >= 0.6 is 11.6 Å². The molecule has 0 radical (unpaired) electrons. The number of rotatable bonds is 4. The van der Waals surface area contributed by atoms with E-state index < -0.39 is 6.10 Å². The first kappa shape index (κ1) is 18.3. The normalized spacial score (nSPS) is 12.2. The molecule has 0 spiro atoms. The van der Waals surface area contributed by atoms with E-state index >= 15 is 0 Å². The third-order valence-electron chi connectivity index (χ3n) is 4.35. The van der Waals surface area contributed by atoms with Gasteiger partial charge in [0, 0.05) is 28.5 Å². The van der Waals surface area contributed by atoms with Crippen molar-refractivity contribution in [3.63, 3.8) is 0 Å². The number of aliphatic hydroxyl groups excluding tert-OH is 1. The summed E-state index contributed by atoms with van der Waals surface area (Å²) in [6, 6.07) is 12.7. The van der Waals surface area contributed by atoms with E-state index in [1.807, 2.05) is 24.3 Å². The van der Waals surface area contributed by atoms with Gasteiger partial charge < -0.3 is 5.11 Å². The van der Waals surface area contributed by atoms with Crippen molar-refractivity contribution in [3.8, 4) is 22.5 Å². The summed E-state index contributed by atoms with van der Waals surface area (Å²) in [6.07, 6.45) is 4.15. The molecule has 4 rings (SSSR count). The Hall–Kier alpha value is -3.09. The number of pyridine rings is 2. The van der Waals surface area contributed by atoms with Crippen LogP contribution in [0.2, 0.25) is 5.02 Å². The summed E-state index contributed by atoms with van der Waals surface area (Å²) in [5.41, 5.74) is 3.09. The van der Waals surface area contributed by atoms with E-state index in [1.165, 1.54) is 10.9 Å². The molecule has 0 fully saturated rings. The zero-order chi connectivity index (χ0) is 19.7. The quantitative estimate of drug-likeness (QED) is 0.574. The molecule has 3 heterocycles. The van der Waals surface area contributed by atoms with E-state index in [-0.39, 0.29) is 12.1 Å². The van der Waals surface area contributed by atoms with E-state index in [0.29, 0.717) is 27.3 Å². The topological polar surface area (TPSA) is 80.9 Å². The van der Waals surface area contributed by atoms with E-state index in [4.69, 9.17) is 16.6 Å². The maximum absolute atomic E-state index is 13.0. The smallest absolute Gasteiger partial charge is 0.261 e. The van der Waals surface area contributed by atoms with Gasteiger partial charge >= 0.3 is 0 Å². The summed E-state index contributed by atoms with van der Waals surface area (Å²) in [5.74, 6) is 0. The Morgan fingerprint density at radius 2 is 1.96 bits per heavy atom. The van der Waals surface area contributed by atoms with Crippen LogP contribution in [-0.2, 0) is 6.54 Å². The molecule has 4 aromatic rings. The van der Waals surface area contributed by atoms with Crippen molar-refractivity contribution in [1.29, 1.82) is 0 Å². The molecular formula is C21H17ClN4O2. The molecule has 0 aliphatic rings. The molecule has 3 aromatic heterocycles. The number of hydrogen-bond donors (Lipinski definition) is 1. The lowest BCUT2D eigenvalue weighted by molar-refractivity contribution is 0.172. The van der Waals surface area contributed by atoms with Gasteiger partial charge in [0.15, 0.2) is 0 Å². The van der Waals surface area contributed by atoms with Crippen molar-refractivity contribution in [1.82, 2.24) is 19.5 Å². The Labute approximate surface area is 166 Å². The Kier molecular flexibility index (Phi) is 4.90. The SMILES string of the molecule is C[C@H](O)Cn1cnc2c(-c3cccnc3)nc(-c3ccc(Cl)cc3)cc2c1=O. The van der Waals surface area contributed by atoms with Gasteiger partial charge in [0.2, 0.25) is 0 Å². The molecule has 0 amide bonds. The van der Waals surface area contributed by atoms with Crippen molar-refractivity contribution in [2.45, 2.75) is 19.6 Å². The highest BCUT2D eigenvalue weighted by Gasteiger charge is 2.15. The van der Waals surface area contributed by atoms with Crippen LogP contribution in [-0.4, -0.2) is 30.7 Å². The van der Waals surface area contributed by atoms with Gasteiger partial charge in [-0.05, 0) is 37.3 Å². The molecule has 28 heavy (non-hydrogen) atoms. The molecule has 7 heteroatoms. The van der Waals surface area contributed by atoms with Gasteiger partial charge in [0.25, 0.3) is 5.56 Å². The fourth-order valence-corrected chi connectivity index (χ4v) is 3.18. The fourth-order valence-electron chi connectivity index (χ4n) is 3.05. The van der Waals surface area contributed by atoms with Gasteiger partial charge in [-0.25, -0.2) is 9.97 Å². The lowest BCUT2D eigenvalue weighted by Crippen LogP contribution is -2.25. The summed E-state index contributed by atoms with van der Waals surface area (Å²) < 4.78 is 1.41. The van der Waals surface area contributed by atoms with Gasteiger partial charge in [-0.1, -0.05) is 23.7 Å². The predicted octanol–water partition coefficient (Wildman–Crippen LogP) is 3.55. The first-order chi connectivity index (χ1) is 13.5. The Balaban J connectivity index is 2.01. The van der Waals surface area contributed by atoms with Gasteiger partial charge in [-0.15, -0.1) is 0 Å². The number of fused-ring (bicyclic) bond motifs is 1. The van der Waals surface area contributed by atoms with Crippen LogP contribution in [0.1, 0.15) is 6.92 Å². The third-order valence-corrected chi connectivity index (χ3v) is 4.60. The van der Waals surface area contributed by atoms with E-state index in [0.717, 1.165) is 11.1 Å². The summed E-state index contributed by atoms with van der Waals surface area (Å²) in [4.78, 5) is 26.4. The fraction of sp³-hybridized carbons (Fsp3) is 0.143. The van der Waals surface area contributed by atoms with Crippen LogP contribution in [0.4, 0.5) is 0 Å². The summed E-state index contributed by atoms with van der Waals surface area (Å²) in [7, 11) is 0. The zero-order valence-corrected chi connectivity index (χ0v) is 15.8. The Bertz CT molecular complexity index is 1190. The molecule has 140 valence electrons. The Morgan fingerprint density at radius 1 is 1.18 bits per heavy atom. The average Bonchev–Trinajstić information content (AvgIpc) is 2.70. The third kappa shape index (κ3) is 3.52. The van der Waals surface area contributed by atoms with Crippen LogP contribution in [0.15, 0.2) is 66.0 Å². The second-order valence-corrected chi connectivity index (χ2v) is 6.99. The molecule has 0 saturated heterocycles. The van der Waals surface area contributed by atoms with Gasteiger partial charge in [-0.2, -0.15) is 0 Å². The second kappa shape index (κ2) is 7.50. The van der Waals surface area contributed by atoms with Gasteiger partial charge in [0.05, 0.1) is 35.8 Å². The molecule has 0 unspecified atom stereocenters. The highest BCUT2D eigenvalue weighted by Crippen LogP contribution is 2.28. The monoisotopic (exact) mass is 392 g/mol. The maximum atomic E-state index is 13.0. The molecule has 6 nitrogen and oxygen atoms in total. The van der Waals surface area contributed by atoms with Crippen LogP contribution in [0.5, 0.6) is 0 Å². The Morgan fingerprint density at radius 3 is 2.64 bits per heavy atom.